The third kappa shape index (κ3) is 5.99. The zero-order chi connectivity index (χ0) is 20.1. The maximum atomic E-state index is 12.1. The number of aryl methyl sites for hydroxylation is 1. The Balaban J connectivity index is 1.94. The van der Waals surface area contributed by atoms with Gasteiger partial charge in [-0.05, 0) is 54.4 Å². The minimum atomic E-state index is -0.403. The molecule has 5 nitrogen and oxygen atoms in total. The van der Waals surface area contributed by atoms with Gasteiger partial charge in [0.05, 0.1) is 10.0 Å². The van der Waals surface area contributed by atoms with Crippen molar-refractivity contribution in [2.24, 2.45) is 0 Å². The van der Waals surface area contributed by atoms with Crippen LogP contribution in [0.4, 0.5) is 5.69 Å². The zero-order valence-corrected chi connectivity index (χ0v) is 17.4. The van der Waals surface area contributed by atoms with Crippen LogP contribution in [0.1, 0.15) is 30.9 Å². The number of halogens is 2. The third-order valence-corrected chi connectivity index (χ3v) is 4.46. The smallest absolute Gasteiger partial charge is 0.264 e. The van der Waals surface area contributed by atoms with Crippen molar-refractivity contribution in [2.75, 3.05) is 11.9 Å². The molecule has 3 N–H and O–H groups in total. The van der Waals surface area contributed by atoms with Gasteiger partial charge >= 0.3 is 0 Å². The zero-order valence-electron chi connectivity index (χ0n) is 15.1. The Morgan fingerprint density at radius 3 is 2.44 bits per heavy atom. The van der Waals surface area contributed by atoms with Crippen molar-refractivity contribution in [1.82, 2.24) is 5.32 Å². The van der Waals surface area contributed by atoms with Gasteiger partial charge in [0.2, 0.25) is 0 Å². The highest BCUT2D eigenvalue weighted by molar-refractivity contribution is 7.80. The van der Waals surface area contributed by atoms with E-state index in [1.54, 1.807) is 0 Å². The summed E-state index contributed by atoms with van der Waals surface area (Å²) in [5.41, 5.74) is 2.52. The van der Waals surface area contributed by atoms with Gasteiger partial charge in [-0.2, -0.15) is 0 Å². The van der Waals surface area contributed by atoms with E-state index in [4.69, 9.17) is 40.2 Å². The quantitative estimate of drug-likeness (QED) is 0.462. The molecule has 0 aromatic heterocycles. The average Bonchev–Trinajstić information content (AvgIpc) is 2.57. The summed E-state index contributed by atoms with van der Waals surface area (Å²) in [7, 11) is 0. The molecular formula is C19H20Cl2N2O3S. The van der Waals surface area contributed by atoms with E-state index in [-0.39, 0.29) is 33.4 Å². The number of ether oxygens (including phenoxy) is 1. The first-order valence-electron chi connectivity index (χ1n) is 8.19. The molecule has 2 aromatic carbocycles. The van der Waals surface area contributed by atoms with E-state index >= 15 is 0 Å². The number of nitrogens with one attached hydrogen (secondary N) is 2. The predicted molar refractivity (Wildman–Crippen MR) is 113 cm³/mol. The molecule has 0 aliphatic carbocycles. The molecule has 27 heavy (non-hydrogen) atoms. The second-order valence-electron chi connectivity index (χ2n) is 6.28. The van der Waals surface area contributed by atoms with Crippen LogP contribution in [0.15, 0.2) is 30.3 Å². The lowest BCUT2D eigenvalue weighted by atomic mass is 10.0. The molecule has 1 amide bonds. The van der Waals surface area contributed by atoms with Crippen molar-refractivity contribution in [3.05, 3.63) is 51.5 Å². The number of benzene rings is 2. The van der Waals surface area contributed by atoms with Crippen LogP contribution in [0.3, 0.4) is 0 Å². The number of amides is 1. The van der Waals surface area contributed by atoms with Gasteiger partial charge in [-0.3, -0.25) is 10.1 Å². The standard InChI is InChI=1S/C19H20Cl2N2O3S/c1-10(2)13-5-4-11(3)6-16(13)26-9-17(24)23-19(27)22-12-7-14(20)18(25)15(21)8-12/h4-8,10,25H,9H2,1-3H3,(H2,22,23,24,27). The lowest BCUT2D eigenvalue weighted by molar-refractivity contribution is -0.121. The minimum Gasteiger partial charge on any atom is -0.505 e. The van der Waals surface area contributed by atoms with E-state index in [0.717, 1.165) is 11.1 Å². The fraction of sp³-hybridized carbons (Fsp3) is 0.263. The topological polar surface area (TPSA) is 70.6 Å². The minimum absolute atomic E-state index is 0.0646. The number of hydrogen-bond donors (Lipinski definition) is 3. The maximum absolute atomic E-state index is 12.1. The van der Waals surface area contributed by atoms with Crippen LogP contribution in [-0.2, 0) is 4.79 Å². The van der Waals surface area contributed by atoms with Gasteiger partial charge in [0.1, 0.15) is 5.75 Å². The van der Waals surface area contributed by atoms with Crippen LogP contribution in [0, 0.1) is 6.92 Å². The van der Waals surface area contributed by atoms with Crippen molar-refractivity contribution < 1.29 is 14.6 Å². The predicted octanol–water partition coefficient (Wildman–Crippen LogP) is 5.02. The van der Waals surface area contributed by atoms with Gasteiger partial charge < -0.3 is 15.2 Å². The van der Waals surface area contributed by atoms with Crippen molar-refractivity contribution >= 4 is 52.1 Å². The molecule has 2 rings (SSSR count). The lowest BCUT2D eigenvalue weighted by Gasteiger charge is -2.15. The summed E-state index contributed by atoms with van der Waals surface area (Å²) in [5.74, 6) is 0.331. The number of hydrogen-bond acceptors (Lipinski definition) is 4. The van der Waals surface area contributed by atoms with Crippen LogP contribution in [0.5, 0.6) is 11.5 Å². The van der Waals surface area contributed by atoms with Crippen LogP contribution in [-0.4, -0.2) is 22.7 Å². The van der Waals surface area contributed by atoms with Crippen molar-refractivity contribution in [3.63, 3.8) is 0 Å². The van der Waals surface area contributed by atoms with E-state index in [0.29, 0.717) is 11.4 Å². The number of anilines is 1. The first-order chi connectivity index (χ1) is 12.7. The van der Waals surface area contributed by atoms with Crippen LogP contribution >= 0.6 is 35.4 Å². The Bertz CT molecular complexity index is 849. The van der Waals surface area contributed by atoms with Gasteiger partial charge in [0.15, 0.2) is 17.5 Å². The Labute approximate surface area is 173 Å². The maximum Gasteiger partial charge on any atom is 0.264 e. The second kappa shape index (κ2) is 9.26. The molecule has 0 heterocycles. The van der Waals surface area contributed by atoms with E-state index in [2.05, 4.69) is 24.5 Å². The first-order valence-corrected chi connectivity index (χ1v) is 9.36. The summed E-state index contributed by atoms with van der Waals surface area (Å²) in [6.45, 7) is 5.90. The number of carbonyl (C=O) groups is 1. The Morgan fingerprint density at radius 2 is 1.85 bits per heavy atom. The van der Waals surface area contributed by atoms with Gasteiger partial charge in [0, 0.05) is 5.69 Å². The molecule has 0 aliphatic heterocycles. The molecular weight excluding hydrogens is 407 g/mol. The van der Waals surface area contributed by atoms with E-state index < -0.39 is 5.91 Å². The van der Waals surface area contributed by atoms with Crippen LogP contribution in [0.25, 0.3) is 0 Å². The Hall–Kier alpha value is -2.02. The van der Waals surface area contributed by atoms with E-state index in [1.807, 2.05) is 25.1 Å². The molecule has 0 unspecified atom stereocenters. The molecule has 0 radical (unpaired) electrons. The number of phenolic OH excluding ortho intramolecular Hbond substituents is 1. The van der Waals surface area contributed by atoms with E-state index in [9.17, 15) is 9.90 Å². The summed E-state index contributed by atoms with van der Waals surface area (Å²) in [5, 5.41) is 15.1. The summed E-state index contributed by atoms with van der Waals surface area (Å²) in [6, 6.07) is 8.80. The number of aromatic hydroxyl groups is 1. The lowest BCUT2D eigenvalue weighted by Crippen LogP contribution is -2.37. The summed E-state index contributed by atoms with van der Waals surface area (Å²) in [4.78, 5) is 12.1. The Kier molecular flexibility index (Phi) is 7.30. The van der Waals surface area contributed by atoms with Crippen molar-refractivity contribution in [1.29, 1.82) is 0 Å². The Morgan fingerprint density at radius 1 is 1.22 bits per heavy atom. The number of thiocarbonyl (C=S) groups is 1. The summed E-state index contributed by atoms with van der Waals surface area (Å²) < 4.78 is 5.67. The van der Waals surface area contributed by atoms with Gasteiger partial charge in [-0.1, -0.05) is 49.2 Å². The van der Waals surface area contributed by atoms with Gasteiger partial charge in [-0.25, -0.2) is 0 Å². The molecule has 0 atom stereocenters. The first kappa shape index (κ1) is 21.3. The molecule has 0 aliphatic rings. The highest BCUT2D eigenvalue weighted by Crippen LogP contribution is 2.34. The van der Waals surface area contributed by atoms with Crippen LogP contribution < -0.4 is 15.4 Å². The molecule has 0 spiro atoms. The molecule has 0 bridgehead atoms. The summed E-state index contributed by atoms with van der Waals surface area (Å²) >= 11 is 16.8. The van der Waals surface area contributed by atoms with E-state index in [1.165, 1.54) is 12.1 Å². The molecule has 0 saturated heterocycles. The van der Waals surface area contributed by atoms with Crippen molar-refractivity contribution in [3.8, 4) is 11.5 Å². The highest BCUT2D eigenvalue weighted by atomic mass is 35.5. The number of phenols is 1. The third-order valence-electron chi connectivity index (χ3n) is 3.68. The van der Waals surface area contributed by atoms with Gasteiger partial charge in [-0.15, -0.1) is 0 Å². The molecule has 0 saturated carbocycles. The van der Waals surface area contributed by atoms with Crippen LogP contribution in [0.2, 0.25) is 10.0 Å². The average molecular weight is 427 g/mol. The SMILES string of the molecule is Cc1ccc(C(C)C)c(OCC(=O)NC(=S)Nc2cc(Cl)c(O)c(Cl)c2)c1. The molecule has 2 aromatic rings. The number of carbonyl (C=O) groups excluding carboxylic acids is 1. The molecule has 8 heteroatoms. The fourth-order valence-corrected chi connectivity index (χ4v) is 3.07. The monoisotopic (exact) mass is 426 g/mol. The molecule has 144 valence electrons. The number of rotatable bonds is 5. The fourth-order valence-electron chi connectivity index (χ4n) is 2.35. The molecule has 0 fully saturated rings. The van der Waals surface area contributed by atoms with Gasteiger partial charge in [0.25, 0.3) is 5.91 Å². The van der Waals surface area contributed by atoms with Crippen molar-refractivity contribution in [2.45, 2.75) is 26.7 Å². The highest BCUT2D eigenvalue weighted by Gasteiger charge is 2.12. The largest absolute Gasteiger partial charge is 0.505 e. The second-order valence-corrected chi connectivity index (χ2v) is 7.50. The summed E-state index contributed by atoms with van der Waals surface area (Å²) in [6.07, 6.45) is 0. The normalized spacial score (nSPS) is 10.6.